The average Bonchev–Trinajstić information content (AvgIpc) is 2.58. The van der Waals surface area contributed by atoms with Crippen LogP contribution in [0.3, 0.4) is 0 Å². The third kappa shape index (κ3) is 3.79. The number of benzene rings is 1. The van der Waals surface area contributed by atoms with Crippen molar-refractivity contribution in [2.24, 2.45) is 0 Å². The number of hydrogen-bond donors (Lipinski definition) is 1. The first-order valence-electron chi connectivity index (χ1n) is 8.11. The minimum Gasteiger partial charge on any atom is -0.301 e. The van der Waals surface area contributed by atoms with Gasteiger partial charge < -0.3 is 4.98 Å². The van der Waals surface area contributed by atoms with Gasteiger partial charge in [0.1, 0.15) is 0 Å². The summed E-state index contributed by atoms with van der Waals surface area (Å²) in [4.78, 5) is 36.1. The molecule has 0 amide bonds. The lowest BCUT2D eigenvalue weighted by atomic mass is 10.1. The molecule has 0 aliphatic carbocycles. The molecular formula is C19H19N3O2S. The Morgan fingerprint density at radius 1 is 1.16 bits per heavy atom. The van der Waals surface area contributed by atoms with Gasteiger partial charge in [0.2, 0.25) is 0 Å². The first kappa shape index (κ1) is 17.4. The first-order chi connectivity index (χ1) is 12.0. The Hall–Kier alpha value is -2.47. The van der Waals surface area contributed by atoms with Gasteiger partial charge in [-0.15, -0.1) is 0 Å². The number of nitrogens with zero attached hydrogens (tertiary/aromatic N) is 2. The van der Waals surface area contributed by atoms with Crippen LogP contribution in [0.2, 0.25) is 0 Å². The predicted octanol–water partition coefficient (Wildman–Crippen LogP) is 3.47. The van der Waals surface area contributed by atoms with Crippen LogP contribution < -0.4 is 5.56 Å². The monoisotopic (exact) mass is 353 g/mol. The van der Waals surface area contributed by atoms with Gasteiger partial charge >= 0.3 is 0 Å². The Bertz CT molecular complexity index is 994. The van der Waals surface area contributed by atoms with Gasteiger partial charge in [-0.3, -0.25) is 9.59 Å². The molecule has 0 aliphatic rings. The van der Waals surface area contributed by atoms with E-state index in [0.29, 0.717) is 21.8 Å². The van der Waals surface area contributed by atoms with Crippen LogP contribution in [0.4, 0.5) is 0 Å². The van der Waals surface area contributed by atoms with E-state index in [9.17, 15) is 9.59 Å². The first-order valence-corrected chi connectivity index (χ1v) is 9.09. The third-order valence-corrected chi connectivity index (χ3v) is 4.88. The molecule has 0 spiro atoms. The molecule has 0 atom stereocenters. The molecule has 0 fully saturated rings. The van der Waals surface area contributed by atoms with Crippen molar-refractivity contribution in [2.75, 3.05) is 5.75 Å². The van der Waals surface area contributed by atoms with Crippen LogP contribution in [-0.4, -0.2) is 26.5 Å². The molecule has 2 aromatic heterocycles. The zero-order valence-corrected chi connectivity index (χ0v) is 15.2. The lowest BCUT2D eigenvalue weighted by Gasteiger charge is -2.05. The molecule has 6 heteroatoms. The Morgan fingerprint density at radius 3 is 2.56 bits per heavy atom. The van der Waals surface area contributed by atoms with Crippen LogP contribution in [0.25, 0.3) is 11.0 Å². The van der Waals surface area contributed by atoms with Gasteiger partial charge in [0.05, 0.1) is 11.1 Å². The zero-order valence-electron chi connectivity index (χ0n) is 14.4. The molecule has 0 saturated heterocycles. The molecule has 0 radical (unpaired) electrons. The maximum atomic E-state index is 12.3. The summed E-state index contributed by atoms with van der Waals surface area (Å²) in [5.41, 5.74) is 3.71. The average molecular weight is 353 g/mol. The van der Waals surface area contributed by atoms with Crippen LogP contribution in [0.1, 0.15) is 34.1 Å². The maximum Gasteiger partial charge on any atom is 0.261 e. The fourth-order valence-electron chi connectivity index (χ4n) is 2.67. The number of carbonyl (C=O) groups is 1. The van der Waals surface area contributed by atoms with Crippen LogP contribution >= 0.6 is 11.8 Å². The van der Waals surface area contributed by atoms with Crippen LogP contribution in [0.5, 0.6) is 0 Å². The van der Waals surface area contributed by atoms with Gasteiger partial charge in [-0.2, -0.15) is 0 Å². The maximum absolute atomic E-state index is 12.3. The summed E-state index contributed by atoms with van der Waals surface area (Å²) in [6.45, 7) is 5.81. The van der Waals surface area contributed by atoms with Crippen LogP contribution in [0.15, 0.2) is 40.3 Å². The summed E-state index contributed by atoms with van der Waals surface area (Å²) in [6.07, 6.45) is 0.942. The van der Waals surface area contributed by atoms with Gasteiger partial charge in [0.25, 0.3) is 5.56 Å². The SMILES string of the molecule is CCc1ccc(C(=O)CSc2nc3nc(C)cc(C)c3c(=O)[nH]2)cc1. The highest BCUT2D eigenvalue weighted by atomic mass is 32.2. The van der Waals surface area contributed by atoms with Crippen molar-refractivity contribution in [2.45, 2.75) is 32.3 Å². The molecule has 0 saturated carbocycles. The van der Waals surface area contributed by atoms with Crippen molar-refractivity contribution in [3.8, 4) is 0 Å². The van der Waals surface area contributed by atoms with Crippen molar-refractivity contribution in [3.05, 3.63) is 63.1 Å². The van der Waals surface area contributed by atoms with Crippen LogP contribution in [-0.2, 0) is 6.42 Å². The Kier molecular flexibility index (Phi) is 4.99. The lowest BCUT2D eigenvalue weighted by molar-refractivity contribution is 0.102. The van der Waals surface area contributed by atoms with Crippen molar-refractivity contribution in [3.63, 3.8) is 0 Å². The second kappa shape index (κ2) is 7.19. The van der Waals surface area contributed by atoms with Gasteiger partial charge in [0.15, 0.2) is 16.6 Å². The van der Waals surface area contributed by atoms with E-state index in [1.165, 1.54) is 17.3 Å². The molecule has 0 bridgehead atoms. The number of aromatic amines is 1. The third-order valence-electron chi connectivity index (χ3n) is 4.00. The normalized spacial score (nSPS) is 11.0. The quantitative estimate of drug-likeness (QED) is 0.432. The fourth-order valence-corrected chi connectivity index (χ4v) is 3.42. The smallest absolute Gasteiger partial charge is 0.261 e. The van der Waals surface area contributed by atoms with Crippen molar-refractivity contribution >= 4 is 28.6 Å². The molecule has 128 valence electrons. The molecule has 5 nitrogen and oxygen atoms in total. The Balaban J connectivity index is 1.81. The number of aromatic nitrogens is 3. The van der Waals surface area contributed by atoms with E-state index in [1.54, 1.807) is 0 Å². The van der Waals surface area contributed by atoms with E-state index >= 15 is 0 Å². The Morgan fingerprint density at radius 2 is 1.88 bits per heavy atom. The van der Waals surface area contributed by atoms with E-state index in [-0.39, 0.29) is 17.1 Å². The largest absolute Gasteiger partial charge is 0.301 e. The molecule has 0 unspecified atom stereocenters. The number of fused-ring (bicyclic) bond motifs is 1. The number of H-pyrrole nitrogens is 1. The molecule has 3 rings (SSSR count). The summed E-state index contributed by atoms with van der Waals surface area (Å²) < 4.78 is 0. The highest BCUT2D eigenvalue weighted by Gasteiger charge is 2.12. The number of pyridine rings is 1. The van der Waals surface area contributed by atoms with E-state index in [4.69, 9.17) is 0 Å². The fraction of sp³-hybridized carbons (Fsp3) is 0.263. The highest BCUT2D eigenvalue weighted by Crippen LogP contribution is 2.18. The topological polar surface area (TPSA) is 75.7 Å². The van der Waals surface area contributed by atoms with Gasteiger partial charge in [-0.1, -0.05) is 43.0 Å². The number of thioether (sulfide) groups is 1. The van der Waals surface area contributed by atoms with Gasteiger partial charge in [0, 0.05) is 11.3 Å². The number of ketones is 1. The zero-order chi connectivity index (χ0) is 18.0. The highest BCUT2D eigenvalue weighted by molar-refractivity contribution is 7.99. The standard InChI is InChI=1S/C19H19N3O2S/c1-4-13-5-7-14(8-6-13)15(23)10-25-19-21-17-16(18(24)22-19)11(2)9-12(3)20-17/h5-9H,4,10H2,1-3H3,(H,20,21,22,24). The van der Waals surface area contributed by atoms with Gasteiger partial charge in [-0.05, 0) is 37.5 Å². The van der Waals surface area contributed by atoms with E-state index < -0.39 is 0 Å². The summed E-state index contributed by atoms with van der Waals surface area (Å²) in [5.74, 6) is 0.217. The molecule has 3 aromatic rings. The van der Waals surface area contributed by atoms with Crippen molar-refractivity contribution in [1.29, 1.82) is 0 Å². The molecular weight excluding hydrogens is 334 g/mol. The minimum absolute atomic E-state index is 0.00350. The number of nitrogens with one attached hydrogen (secondary N) is 1. The second-order valence-electron chi connectivity index (χ2n) is 5.91. The molecule has 25 heavy (non-hydrogen) atoms. The summed E-state index contributed by atoms with van der Waals surface area (Å²) in [6, 6.07) is 9.46. The minimum atomic E-state index is -0.225. The predicted molar refractivity (Wildman–Crippen MR) is 101 cm³/mol. The van der Waals surface area contributed by atoms with Crippen molar-refractivity contribution in [1.82, 2.24) is 15.0 Å². The second-order valence-corrected chi connectivity index (χ2v) is 6.88. The van der Waals surface area contributed by atoms with Crippen LogP contribution in [0, 0.1) is 13.8 Å². The van der Waals surface area contributed by atoms with Gasteiger partial charge in [-0.25, -0.2) is 9.97 Å². The number of rotatable bonds is 5. The molecule has 1 N–H and O–H groups in total. The molecule has 1 aromatic carbocycles. The van der Waals surface area contributed by atoms with Crippen molar-refractivity contribution < 1.29 is 4.79 Å². The lowest BCUT2D eigenvalue weighted by Crippen LogP contribution is -2.13. The number of aryl methyl sites for hydroxylation is 3. The van der Waals surface area contributed by atoms with E-state index in [2.05, 4.69) is 21.9 Å². The summed E-state index contributed by atoms with van der Waals surface area (Å²) in [7, 11) is 0. The summed E-state index contributed by atoms with van der Waals surface area (Å²) >= 11 is 1.22. The Labute approximate surface area is 149 Å². The number of hydrogen-bond acceptors (Lipinski definition) is 5. The van der Waals surface area contributed by atoms with E-state index in [0.717, 1.165) is 17.7 Å². The number of carbonyl (C=O) groups excluding carboxylic acids is 1. The molecule has 2 heterocycles. The number of Topliss-reactive ketones (excluding diaryl/α,β-unsaturated/α-hetero) is 1. The molecule has 0 aliphatic heterocycles. The van der Waals surface area contributed by atoms with E-state index in [1.807, 2.05) is 44.2 Å². The summed E-state index contributed by atoms with van der Waals surface area (Å²) in [5, 5.41) is 0.907.